The van der Waals surface area contributed by atoms with E-state index in [4.69, 9.17) is 25.8 Å². The lowest BCUT2D eigenvalue weighted by molar-refractivity contribution is -0.165. The van der Waals surface area contributed by atoms with E-state index >= 15 is 0 Å². The van der Waals surface area contributed by atoms with E-state index in [1.807, 2.05) is 13.8 Å². The molecule has 0 amide bonds. The molecule has 1 heterocycles. The maximum absolute atomic E-state index is 11.7. The molecule has 0 saturated carbocycles. The van der Waals surface area contributed by atoms with E-state index in [2.05, 4.69) is 4.98 Å². The summed E-state index contributed by atoms with van der Waals surface area (Å²) >= 11 is 6.13. The molecule has 2 rings (SSSR count). The van der Waals surface area contributed by atoms with Crippen LogP contribution in [0.25, 0.3) is 0 Å². The Morgan fingerprint density at radius 3 is 2.40 bits per heavy atom. The molecule has 0 fully saturated rings. The van der Waals surface area contributed by atoms with Crippen molar-refractivity contribution in [3.05, 3.63) is 43.0 Å². The summed E-state index contributed by atoms with van der Waals surface area (Å²) in [6.45, 7) is 5.22. The molecule has 1 aromatic carbocycles. The summed E-state index contributed by atoms with van der Waals surface area (Å²) in [7, 11) is 1.60. The smallest absolute Gasteiger partial charge is 0.303 e. The third kappa shape index (κ3) is 4.89. The summed E-state index contributed by atoms with van der Waals surface area (Å²) in [6, 6.07) is 7.18. The van der Waals surface area contributed by atoms with Gasteiger partial charge in [-0.3, -0.25) is 9.36 Å². The fourth-order valence-corrected chi connectivity index (χ4v) is 2.50. The Hall–Kier alpha value is -2.21. The maximum atomic E-state index is 11.7. The molecule has 25 heavy (non-hydrogen) atoms. The molecule has 0 bridgehead atoms. The minimum absolute atomic E-state index is 0.294. The largest absolute Gasteiger partial charge is 0.497 e. The molecular formula is C18H23ClN2O4. The van der Waals surface area contributed by atoms with Gasteiger partial charge in [-0.25, -0.2) is 4.98 Å². The number of ether oxygens (including phenoxy) is 3. The molecule has 0 saturated heterocycles. The molecule has 6 nitrogen and oxygen atoms in total. The van der Waals surface area contributed by atoms with Crippen molar-refractivity contribution in [3.63, 3.8) is 0 Å². The molecule has 0 aliphatic carbocycles. The van der Waals surface area contributed by atoms with E-state index in [1.54, 1.807) is 54.7 Å². The van der Waals surface area contributed by atoms with E-state index in [-0.39, 0.29) is 0 Å². The second-order valence-corrected chi connectivity index (χ2v) is 6.61. The van der Waals surface area contributed by atoms with Gasteiger partial charge >= 0.3 is 5.97 Å². The normalized spacial score (nSPS) is 13.8. The Kier molecular flexibility index (Phi) is 6.31. The lowest BCUT2D eigenvalue weighted by atomic mass is 9.87. The molecular weight excluding hydrogens is 344 g/mol. The van der Waals surface area contributed by atoms with Crippen LogP contribution in [0.2, 0.25) is 0 Å². The quantitative estimate of drug-likeness (QED) is 0.527. The number of aromatic nitrogens is 2. The van der Waals surface area contributed by atoms with Crippen LogP contribution in [0, 0.1) is 5.41 Å². The first-order valence-corrected chi connectivity index (χ1v) is 8.42. The minimum Gasteiger partial charge on any atom is -0.497 e. The van der Waals surface area contributed by atoms with E-state index in [0.717, 1.165) is 5.75 Å². The second kappa shape index (κ2) is 8.25. The highest BCUT2D eigenvalue weighted by molar-refractivity contribution is 6.18. The van der Waals surface area contributed by atoms with Crippen LogP contribution in [0.5, 0.6) is 11.5 Å². The van der Waals surface area contributed by atoms with Crippen molar-refractivity contribution in [2.75, 3.05) is 13.0 Å². The standard InChI is InChI=1S/C18H23ClN2O4/c1-13(22)24-16(18(2,3)11-19)17(21-10-9-20-12-21)25-15-7-5-14(23-4)6-8-15/h5-10,12,16-17H,11H2,1-4H3. The van der Waals surface area contributed by atoms with Crippen LogP contribution in [0.15, 0.2) is 43.0 Å². The number of halogens is 1. The summed E-state index contributed by atoms with van der Waals surface area (Å²) in [6.07, 6.45) is 3.79. The van der Waals surface area contributed by atoms with Crippen molar-refractivity contribution in [1.82, 2.24) is 9.55 Å². The lowest BCUT2D eigenvalue weighted by Gasteiger charge is -2.37. The number of esters is 1. The molecule has 2 unspecified atom stereocenters. The number of methoxy groups -OCH3 is 1. The van der Waals surface area contributed by atoms with Crippen LogP contribution in [-0.4, -0.2) is 34.6 Å². The van der Waals surface area contributed by atoms with Gasteiger partial charge in [0, 0.05) is 30.6 Å². The predicted molar refractivity (Wildman–Crippen MR) is 94.9 cm³/mol. The molecule has 0 spiro atoms. The van der Waals surface area contributed by atoms with Crippen molar-refractivity contribution in [2.45, 2.75) is 33.1 Å². The first-order valence-electron chi connectivity index (χ1n) is 7.88. The number of benzene rings is 1. The first kappa shape index (κ1) is 19.1. The van der Waals surface area contributed by atoms with E-state index in [9.17, 15) is 4.79 Å². The van der Waals surface area contributed by atoms with Gasteiger partial charge in [-0.05, 0) is 24.3 Å². The summed E-state index contributed by atoms with van der Waals surface area (Å²) in [5, 5.41) is 0. The molecule has 136 valence electrons. The molecule has 0 aliphatic rings. The number of carbonyl (C=O) groups excluding carboxylic acids is 1. The number of imidazole rings is 1. The van der Waals surface area contributed by atoms with E-state index in [0.29, 0.717) is 11.6 Å². The van der Waals surface area contributed by atoms with Gasteiger partial charge in [0.25, 0.3) is 0 Å². The predicted octanol–water partition coefficient (Wildman–Crippen LogP) is 3.67. The fourth-order valence-electron chi connectivity index (χ4n) is 2.35. The molecule has 1 aromatic heterocycles. The van der Waals surface area contributed by atoms with Gasteiger partial charge in [0.15, 0.2) is 6.10 Å². The molecule has 0 aliphatic heterocycles. The molecule has 0 radical (unpaired) electrons. The SMILES string of the molecule is COc1ccc(OC(C(OC(C)=O)C(C)(C)CCl)n2ccnc2)cc1. The summed E-state index contributed by atoms with van der Waals surface area (Å²) < 4.78 is 18.6. The third-order valence-corrected chi connectivity index (χ3v) is 4.49. The molecule has 7 heteroatoms. The van der Waals surface area contributed by atoms with Crippen LogP contribution >= 0.6 is 11.6 Å². The Balaban J connectivity index is 2.37. The Labute approximate surface area is 152 Å². The van der Waals surface area contributed by atoms with Crippen molar-refractivity contribution >= 4 is 17.6 Å². The minimum atomic E-state index is -0.617. The highest BCUT2D eigenvalue weighted by Crippen LogP contribution is 2.35. The van der Waals surface area contributed by atoms with Gasteiger partial charge in [0.2, 0.25) is 6.23 Å². The molecule has 2 aromatic rings. The van der Waals surface area contributed by atoms with Gasteiger partial charge in [-0.15, -0.1) is 11.6 Å². The van der Waals surface area contributed by atoms with Crippen LogP contribution in [-0.2, 0) is 9.53 Å². The van der Waals surface area contributed by atoms with E-state index in [1.165, 1.54) is 6.92 Å². The number of carbonyl (C=O) groups is 1. The Bertz CT molecular complexity index is 671. The summed E-state index contributed by atoms with van der Waals surface area (Å²) in [5.41, 5.74) is -0.519. The van der Waals surface area contributed by atoms with Gasteiger partial charge in [-0.1, -0.05) is 13.8 Å². The van der Waals surface area contributed by atoms with Gasteiger partial charge in [0.05, 0.1) is 13.4 Å². The average Bonchev–Trinajstić information content (AvgIpc) is 3.12. The Morgan fingerprint density at radius 2 is 1.92 bits per heavy atom. The van der Waals surface area contributed by atoms with Gasteiger partial charge in [0.1, 0.15) is 11.5 Å². The average molecular weight is 367 g/mol. The second-order valence-electron chi connectivity index (χ2n) is 6.35. The Morgan fingerprint density at radius 1 is 1.28 bits per heavy atom. The number of nitrogens with zero attached hydrogens (tertiary/aromatic N) is 2. The van der Waals surface area contributed by atoms with Crippen molar-refractivity contribution in [3.8, 4) is 11.5 Å². The zero-order chi connectivity index (χ0) is 18.4. The highest BCUT2D eigenvalue weighted by atomic mass is 35.5. The monoisotopic (exact) mass is 366 g/mol. The fraction of sp³-hybridized carbons (Fsp3) is 0.444. The van der Waals surface area contributed by atoms with Gasteiger partial charge in [-0.2, -0.15) is 0 Å². The zero-order valence-corrected chi connectivity index (χ0v) is 15.6. The topological polar surface area (TPSA) is 62.6 Å². The first-order chi connectivity index (χ1) is 11.9. The van der Waals surface area contributed by atoms with Crippen LogP contribution in [0.4, 0.5) is 0 Å². The number of rotatable bonds is 8. The molecule has 0 N–H and O–H groups in total. The third-order valence-electron chi connectivity index (χ3n) is 3.80. The summed E-state index contributed by atoms with van der Waals surface area (Å²) in [5.74, 6) is 1.24. The van der Waals surface area contributed by atoms with Gasteiger partial charge < -0.3 is 14.2 Å². The van der Waals surface area contributed by atoms with Crippen LogP contribution in [0.1, 0.15) is 27.0 Å². The van der Waals surface area contributed by atoms with Crippen molar-refractivity contribution in [1.29, 1.82) is 0 Å². The van der Waals surface area contributed by atoms with Crippen LogP contribution in [0.3, 0.4) is 0 Å². The number of alkyl halides is 1. The molecule has 2 atom stereocenters. The van der Waals surface area contributed by atoms with E-state index < -0.39 is 23.7 Å². The maximum Gasteiger partial charge on any atom is 0.303 e. The highest BCUT2D eigenvalue weighted by Gasteiger charge is 2.40. The van der Waals surface area contributed by atoms with Crippen LogP contribution < -0.4 is 9.47 Å². The van der Waals surface area contributed by atoms with Crippen molar-refractivity contribution < 1.29 is 19.0 Å². The zero-order valence-electron chi connectivity index (χ0n) is 14.8. The lowest BCUT2D eigenvalue weighted by Crippen LogP contribution is -2.44. The summed E-state index contributed by atoms with van der Waals surface area (Å²) in [4.78, 5) is 15.7. The number of hydrogen-bond donors (Lipinski definition) is 0. The van der Waals surface area contributed by atoms with Crippen molar-refractivity contribution in [2.24, 2.45) is 5.41 Å². The number of hydrogen-bond acceptors (Lipinski definition) is 5.